The molecule has 3 amide bonds. The molecule has 0 aromatic rings. The van der Waals surface area contributed by atoms with Crippen molar-refractivity contribution in [3.8, 4) is 0 Å². The molecule has 0 radical (unpaired) electrons. The molecule has 0 aromatic heterocycles. The number of hydrogen-bond donors (Lipinski definition) is 3. The monoisotopic (exact) mass is 289 g/mol. The number of aliphatic hydroxyl groups is 1. The number of carbonyl (C=O) groups excluding carboxylic acids is 2. The Labute approximate surface area is 118 Å². The minimum Gasteiger partial charge on any atom is -0.395 e. The molecule has 110 valence electrons. The molecular weight excluding hydrogens is 266 g/mol. The van der Waals surface area contributed by atoms with E-state index in [1.165, 1.54) is 16.7 Å². The molecule has 1 aliphatic rings. The number of hydrogen-bond acceptors (Lipinski definition) is 4. The molecule has 6 nitrogen and oxygen atoms in total. The molecule has 0 aromatic carbocycles. The van der Waals surface area contributed by atoms with Gasteiger partial charge in [-0.25, -0.2) is 4.79 Å². The standard InChI is InChI=1S/C12H23N3O3S/c1-8(10(7-16)19-2)14-11(17)9-4-3-5-15(6-9)12(13)18/h8-10,16H,3-7H2,1-2H3,(H2,13,18)(H,14,17). The number of amides is 3. The largest absolute Gasteiger partial charge is 0.395 e. The second-order valence-electron chi connectivity index (χ2n) is 4.88. The average Bonchev–Trinajstić information content (AvgIpc) is 2.40. The molecule has 1 fully saturated rings. The van der Waals surface area contributed by atoms with Gasteiger partial charge < -0.3 is 21.1 Å². The van der Waals surface area contributed by atoms with E-state index < -0.39 is 6.03 Å². The van der Waals surface area contributed by atoms with Crippen LogP contribution in [-0.4, -0.2) is 59.2 Å². The third kappa shape index (κ3) is 4.58. The van der Waals surface area contributed by atoms with Crippen LogP contribution in [0, 0.1) is 5.92 Å². The van der Waals surface area contributed by atoms with Gasteiger partial charge in [-0.3, -0.25) is 4.79 Å². The maximum absolute atomic E-state index is 12.1. The Balaban J connectivity index is 2.50. The summed E-state index contributed by atoms with van der Waals surface area (Å²) >= 11 is 1.52. The van der Waals surface area contributed by atoms with E-state index in [0.29, 0.717) is 13.1 Å². The number of piperidine rings is 1. The van der Waals surface area contributed by atoms with Crippen LogP contribution in [0.2, 0.25) is 0 Å². The summed E-state index contributed by atoms with van der Waals surface area (Å²) in [6, 6.07) is -0.570. The van der Waals surface area contributed by atoms with Crippen molar-refractivity contribution in [3.63, 3.8) is 0 Å². The molecule has 1 aliphatic heterocycles. The van der Waals surface area contributed by atoms with Gasteiger partial charge in [0.25, 0.3) is 0 Å². The zero-order chi connectivity index (χ0) is 14.4. The molecule has 0 spiro atoms. The van der Waals surface area contributed by atoms with E-state index >= 15 is 0 Å². The van der Waals surface area contributed by atoms with Crippen LogP contribution in [0.5, 0.6) is 0 Å². The molecule has 4 N–H and O–H groups in total. The fraction of sp³-hybridized carbons (Fsp3) is 0.833. The molecule has 0 saturated carbocycles. The normalized spacial score (nSPS) is 22.7. The highest BCUT2D eigenvalue weighted by Crippen LogP contribution is 2.17. The second kappa shape index (κ2) is 7.59. The zero-order valence-electron chi connectivity index (χ0n) is 11.5. The van der Waals surface area contributed by atoms with Gasteiger partial charge in [-0.15, -0.1) is 0 Å². The number of aliphatic hydroxyl groups excluding tert-OH is 1. The SMILES string of the molecule is CSC(CO)C(C)NC(=O)C1CCCN(C(N)=O)C1. The summed E-state index contributed by atoms with van der Waals surface area (Å²) in [5.74, 6) is -0.268. The van der Waals surface area contributed by atoms with Gasteiger partial charge in [-0.2, -0.15) is 11.8 Å². The van der Waals surface area contributed by atoms with Crippen LogP contribution < -0.4 is 11.1 Å². The van der Waals surface area contributed by atoms with Gasteiger partial charge in [0.2, 0.25) is 5.91 Å². The molecule has 1 saturated heterocycles. The lowest BCUT2D eigenvalue weighted by Crippen LogP contribution is -2.50. The van der Waals surface area contributed by atoms with E-state index in [2.05, 4.69) is 5.32 Å². The molecule has 0 bridgehead atoms. The van der Waals surface area contributed by atoms with Crippen LogP contribution in [0.1, 0.15) is 19.8 Å². The number of nitrogens with zero attached hydrogens (tertiary/aromatic N) is 1. The van der Waals surface area contributed by atoms with Gasteiger partial charge in [0.05, 0.1) is 12.5 Å². The lowest BCUT2D eigenvalue weighted by Gasteiger charge is -2.32. The van der Waals surface area contributed by atoms with Gasteiger partial charge >= 0.3 is 6.03 Å². The van der Waals surface area contributed by atoms with Crippen molar-refractivity contribution in [2.24, 2.45) is 11.7 Å². The van der Waals surface area contributed by atoms with E-state index in [-0.39, 0.29) is 29.7 Å². The highest BCUT2D eigenvalue weighted by molar-refractivity contribution is 7.99. The first-order chi connectivity index (χ1) is 8.99. The third-order valence-electron chi connectivity index (χ3n) is 3.51. The van der Waals surface area contributed by atoms with Gasteiger partial charge in [0.1, 0.15) is 0 Å². The van der Waals surface area contributed by atoms with Crippen molar-refractivity contribution in [2.45, 2.75) is 31.1 Å². The number of thioether (sulfide) groups is 1. The summed E-state index contributed by atoms with van der Waals surface area (Å²) in [5.41, 5.74) is 5.24. The Hall–Kier alpha value is -0.950. The molecule has 7 heteroatoms. The summed E-state index contributed by atoms with van der Waals surface area (Å²) < 4.78 is 0. The van der Waals surface area contributed by atoms with Crippen LogP contribution >= 0.6 is 11.8 Å². The Morgan fingerprint density at radius 2 is 2.26 bits per heavy atom. The molecular formula is C12H23N3O3S. The highest BCUT2D eigenvalue weighted by atomic mass is 32.2. The Kier molecular flexibility index (Phi) is 6.44. The Bertz CT molecular complexity index is 323. The quantitative estimate of drug-likeness (QED) is 0.664. The van der Waals surface area contributed by atoms with E-state index in [9.17, 15) is 14.7 Å². The predicted octanol–water partition coefficient (Wildman–Crippen LogP) is 0.00570. The number of urea groups is 1. The lowest BCUT2D eigenvalue weighted by atomic mass is 9.97. The molecule has 3 atom stereocenters. The van der Waals surface area contributed by atoms with Crippen LogP contribution in [0.3, 0.4) is 0 Å². The summed E-state index contributed by atoms with van der Waals surface area (Å²) in [6.07, 6.45) is 3.46. The first kappa shape index (κ1) is 16.1. The smallest absolute Gasteiger partial charge is 0.314 e. The number of nitrogens with one attached hydrogen (secondary N) is 1. The van der Waals surface area contributed by atoms with Crippen molar-refractivity contribution in [3.05, 3.63) is 0 Å². The van der Waals surface area contributed by atoms with E-state index in [1.54, 1.807) is 0 Å². The van der Waals surface area contributed by atoms with Gasteiger partial charge in [-0.05, 0) is 26.0 Å². The van der Waals surface area contributed by atoms with Crippen molar-refractivity contribution in [1.82, 2.24) is 10.2 Å². The highest BCUT2D eigenvalue weighted by Gasteiger charge is 2.29. The Morgan fingerprint density at radius 3 is 2.79 bits per heavy atom. The van der Waals surface area contributed by atoms with E-state index in [4.69, 9.17) is 5.73 Å². The van der Waals surface area contributed by atoms with Crippen LogP contribution in [0.15, 0.2) is 0 Å². The third-order valence-corrected chi connectivity index (χ3v) is 4.68. The van der Waals surface area contributed by atoms with Gasteiger partial charge in [-0.1, -0.05) is 0 Å². The van der Waals surface area contributed by atoms with Crippen molar-refractivity contribution >= 4 is 23.7 Å². The molecule has 3 unspecified atom stereocenters. The average molecular weight is 289 g/mol. The molecule has 1 heterocycles. The number of rotatable bonds is 5. The summed E-state index contributed by atoms with van der Waals surface area (Å²) in [6.45, 7) is 2.92. The number of likely N-dealkylation sites (tertiary alicyclic amines) is 1. The maximum Gasteiger partial charge on any atom is 0.314 e. The molecule has 0 aliphatic carbocycles. The minimum atomic E-state index is -0.470. The summed E-state index contributed by atoms with van der Waals surface area (Å²) in [4.78, 5) is 24.8. The van der Waals surface area contributed by atoms with E-state index in [0.717, 1.165) is 12.8 Å². The first-order valence-electron chi connectivity index (χ1n) is 6.48. The summed E-state index contributed by atoms with van der Waals surface area (Å²) in [7, 11) is 0. The topological polar surface area (TPSA) is 95.7 Å². The van der Waals surface area contributed by atoms with Gasteiger partial charge in [0, 0.05) is 24.4 Å². The number of nitrogens with two attached hydrogens (primary N) is 1. The molecule has 19 heavy (non-hydrogen) atoms. The Morgan fingerprint density at radius 1 is 1.58 bits per heavy atom. The fourth-order valence-corrected chi connectivity index (χ4v) is 2.89. The van der Waals surface area contributed by atoms with E-state index in [1.807, 2.05) is 13.2 Å². The zero-order valence-corrected chi connectivity index (χ0v) is 12.3. The number of primary amides is 1. The van der Waals surface area contributed by atoms with Crippen molar-refractivity contribution in [1.29, 1.82) is 0 Å². The van der Waals surface area contributed by atoms with Crippen LogP contribution in [0.4, 0.5) is 4.79 Å². The maximum atomic E-state index is 12.1. The van der Waals surface area contributed by atoms with Crippen LogP contribution in [-0.2, 0) is 4.79 Å². The predicted molar refractivity (Wildman–Crippen MR) is 75.9 cm³/mol. The lowest BCUT2D eigenvalue weighted by molar-refractivity contribution is -0.126. The first-order valence-corrected chi connectivity index (χ1v) is 7.76. The van der Waals surface area contributed by atoms with Crippen LogP contribution in [0.25, 0.3) is 0 Å². The molecule has 1 rings (SSSR count). The van der Waals surface area contributed by atoms with Gasteiger partial charge in [0.15, 0.2) is 0 Å². The van der Waals surface area contributed by atoms with Crippen molar-refractivity contribution < 1.29 is 14.7 Å². The number of carbonyl (C=O) groups is 2. The minimum absolute atomic E-state index is 0.0141. The van der Waals surface area contributed by atoms with Crippen molar-refractivity contribution in [2.75, 3.05) is 26.0 Å². The summed E-state index contributed by atoms with van der Waals surface area (Å²) in [5, 5.41) is 12.1. The second-order valence-corrected chi connectivity index (χ2v) is 5.95. The fourth-order valence-electron chi connectivity index (χ4n) is 2.26.